The summed E-state index contributed by atoms with van der Waals surface area (Å²) in [7, 11) is 0. The van der Waals surface area contributed by atoms with E-state index in [-0.39, 0.29) is 24.7 Å². The number of benzene rings is 1. The van der Waals surface area contributed by atoms with E-state index in [1.807, 2.05) is 0 Å². The van der Waals surface area contributed by atoms with Gasteiger partial charge in [0.25, 0.3) is 0 Å². The van der Waals surface area contributed by atoms with Crippen LogP contribution in [0.25, 0.3) is 0 Å². The lowest BCUT2D eigenvalue weighted by molar-refractivity contribution is -0.117. The first-order chi connectivity index (χ1) is 10.1. The van der Waals surface area contributed by atoms with Crippen molar-refractivity contribution in [3.05, 3.63) is 29.0 Å². The number of amides is 1. The number of hydrogen-bond acceptors (Lipinski definition) is 3. The van der Waals surface area contributed by atoms with Crippen LogP contribution in [0.4, 0.5) is 10.1 Å². The van der Waals surface area contributed by atoms with Crippen molar-refractivity contribution >= 4 is 23.2 Å². The molecular formula is C15H20ClFN2O2. The summed E-state index contributed by atoms with van der Waals surface area (Å²) in [5.74, 6) is -0.738. The topological polar surface area (TPSA) is 52.6 Å². The van der Waals surface area contributed by atoms with Crippen LogP contribution >= 0.6 is 11.6 Å². The third-order valence-corrected chi connectivity index (χ3v) is 3.98. The van der Waals surface area contributed by atoms with Crippen molar-refractivity contribution < 1.29 is 14.3 Å². The van der Waals surface area contributed by atoms with E-state index in [0.29, 0.717) is 11.1 Å². The molecule has 0 spiro atoms. The van der Waals surface area contributed by atoms with Crippen molar-refractivity contribution in [1.82, 2.24) is 4.90 Å². The highest BCUT2D eigenvalue weighted by atomic mass is 35.5. The lowest BCUT2D eigenvalue weighted by Crippen LogP contribution is -2.37. The molecule has 1 saturated heterocycles. The van der Waals surface area contributed by atoms with Gasteiger partial charge in [0.1, 0.15) is 5.82 Å². The van der Waals surface area contributed by atoms with Crippen LogP contribution in [-0.2, 0) is 4.79 Å². The second kappa shape index (κ2) is 7.73. The van der Waals surface area contributed by atoms with Crippen molar-refractivity contribution in [2.75, 3.05) is 25.0 Å². The van der Waals surface area contributed by atoms with E-state index in [0.717, 1.165) is 32.2 Å². The summed E-state index contributed by atoms with van der Waals surface area (Å²) in [6.07, 6.45) is 3.72. The zero-order chi connectivity index (χ0) is 15.2. The van der Waals surface area contributed by atoms with Crippen molar-refractivity contribution in [1.29, 1.82) is 0 Å². The molecule has 0 unspecified atom stereocenters. The van der Waals surface area contributed by atoms with Gasteiger partial charge in [-0.2, -0.15) is 0 Å². The molecule has 0 aliphatic carbocycles. The molecule has 1 amide bonds. The average Bonchev–Trinajstić information content (AvgIpc) is 2.87. The smallest absolute Gasteiger partial charge is 0.238 e. The minimum atomic E-state index is -0.494. The van der Waals surface area contributed by atoms with Crippen molar-refractivity contribution in [2.24, 2.45) is 0 Å². The number of aliphatic hydroxyl groups excluding tert-OH is 1. The molecule has 4 nitrogen and oxygen atoms in total. The molecule has 0 saturated carbocycles. The van der Waals surface area contributed by atoms with E-state index < -0.39 is 5.82 Å². The second-order valence-corrected chi connectivity index (χ2v) is 5.74. The van der Waals surface area contributed by atoms with Gasteiger partial charge >= 0.3 is 0 Å². The van der Waals surface area contributed by atoms with E-state index in [2.05, 4.69) is 10.2 Å². The Bertz CT molecular complexity index is 499. The summed E-state index contributed by atoms with van der Waals surface area (Å²) >= 11 is 5.80. The van der Waals surface area contributed by atoms with Crippen molar-refractivity contribution in [3.63, 3.8) is 0 Å². The summed E-state index contributed by atoms with van der Waals surface area (Å²) < 4.78 is 13.6. The Balaban J connectivity index is 1.90. The molecule has 21 heavy (non-hydrogen) atoms. The molecule has 1 atom stereocenters. The Kier molecular flexibility index (Phi) is 5.96. The summed E-state index contributed by atoms with van der Waals surface area (Å²) in [6.45, 7) is 1.27. The van der Waals surface area contributed by atoms with Gasteiger partial charge in [0.15, 0.2) is 0 Å². The first-order valence-electron chi connectivity index (χ1n) is 7.20. The Morgan fingerprint density at radius 1 is 1.52 bits per heavy atom. The van der Waals surface area contributed by atoms with Crippen LogP contribution in [0.15, 0.2) is 18.2 Å². The molecular weight excluding hydrogens is 295 g/mol. The highest BCUT2D eigenvalue weighted by molar-refractivity contribution is 6.30. The van der Waals surface area contributed by atoms with E-state index in [4.69, 9.17) is 16.7 Å². The largest absolute Gasteiger partial charge is 0.396 e. The quantitative estimate of drug-likeness (QED) is 0.849. The van der Waals surface area contributed by atoms with Crippen LogP contribution < -0.4 is 5.32 Å². The number of carbonyl (C=O) groups is 1. The van der Waals surface area contributed by atoms with E-state index in [1.165, 1.54) is 18.2 Å². The molecule has 1 aliphatic heterocycles. The molecule has 1 aromatic rings. The van der Waals surface area contributed by atoms with E-state index in [9.17, 15) is 9.18 Å². The predicted octanol–water partition coefficient (Wildman–Crippen LogP) is 2.65. The molecule has 116 valence electrons. The molecule has 1 aliphatic rings. The molecule has 0 radical (unpaired) electrons. The number of halogens is 2. The summed E-state index contributed by atoms with van der Waals surface area (Å²) in [5.41, 5.74) is 0.110. The van der Waals surface area contributed by atoms with Gasteiger partial charge in [-0.15, -0.1) is 0 Å². The lowest BCUT2D eigenvalue weighted by Gasteiger charge is -2.23. The molecule has 1 heterocycles. The fourth-order valence-corrected chi connectivity index (χ4v) is 2.90. The zero-order valence-electron chi connectivity index (χ0n) is 11.8. The Morgan fingerprint density at radius 2 is 2.33 bits per heavy atom. The van der Waals surface area contributed by atoms with Crippen LogP contribution in [0.5, 0.6) is 0 Å². The van der Waals surface area contributed by atoms with Crippen LogP contribution in [0.2, 0.25) is 5.02 Å². The van der Waals surface area contributed by atoms with Crippen LogP contribution in [0.3, 0.4) is 0 Å². The molecule has 0 aromatic heterocycles. The van der Waals surface area contributed by atoms with Gasteiger partial charge in [-0.05, 0) is 50.4 Å². The van der Waals surface area contributed by atoms with Gasteiger partial charge in [0, 0.05) is 17.7 Å². The first kappa shape index (κ1) is 16.2. The van der Waals surface area contributed by atoms with E-state index >= 15 is 0 Å². The maximum atomic E-state index is 13.6. The maximum Gasteiger partial charge on any atom is 0.238 e. The lowest BCUT2D eigenvalue weighted by atomic mass is 10.1. The van der Waals surface area contributed by atoms with Crippen molar-refractivity contribution in [2.45, 2.75) is 31.7 Å². The monoisotopic (exact) mass is 314 g/mol. The number of aliphatic hydroxyl groups is 1. The van der Waals surface area contributed by atoms with Crippen LogP contribution in [-0.4, -0.2) is 41.7 Å². The number of hydrogen-bond donors (Lipinski definition) is 2. The number of nitrogens with one attached hydrogen (secondary N) is 1. The average molecular weight is 315 g/mol. The highest BCUT2D eigenvalue weighted by Crippen LogP contribution is 2.22. The summed E-state index contributed by atoms with van der Waals surface area (Å²) in [4.78, 5) is 14.1. The predicted molar refractivity (Wildman–Crippen MR) is 81.0 cm³/mol. The van der Waals surface area contributed by atoms with Crippen LogP contribution in [0, 0.1) is 5.82 Å². The van der Waals surface area contributed by atoms with Crippen LogP contribution in [0.1, 0.15) is 25.7 Å². The minimum absolute atomic E-state index is 0.110. The normalized spacial score (nSPS) is 18.9. The number of anilines is 1. The fourth-order valence-electron chi connectivity index (χ4n) is 2.72. The summed E-state index contributed by atoms with van der Waals surface area (Å²) in [6, 6.07) is 4.41. The minimum Gasteiger partial charge on any atom is -0.396 e. The number of rotatable bonds is 6. The maximum absolute atomic E-state index is 13.6. The molecule has 1 aromatic carbocycles. The van der Waals surface area contributed by atoms with Gasteiger partial charge in [0.2, 0.25) is 5.91 Å². The van der Waals surface area contributed by atoms with Gasteiger partial charge in [0.05, 0.1) is 12.2 Å². The van der Waals surface area contributed by atoms with Gasteiger partial charge in [-0.3, -0.25) is 9.69 Å². The number of nitrogens with zero attached hydrogens (tertiary/aromatic N) is 1. The molecule has 1 fully saturated rings. The molecule has 2 N–H and O–H groups in total. The van der Waals surface area contributed by atoms with E-state index in [1.54, 1.807) is 0 Å². The number of carbonyl (C=O) groups excluding carboxylic acids is 1. The SMILES string of the molecule is O=C(CN1CCC[C@H]1CCCO)Nc1cc(Cl)ccc1F. The Labute approximate surface area is 128 Å². The standard InChI is InChI=1S/C15H20ClFN2O2/c16-11-5-6-13(17)14(9-11)18-15(21)10-19-7-1-3-12(19)4-2-8-20/h5-6,9,12,20H,1-4,7-8,10H2,(H,18,21)/t12-/m0/s1. The third kappa shape index (κ3) is 4.66. The van der Waals surface area contributed by atoms with Gasteiger partial charge < -0.3 is 10.4 Å². The molecule has 2 rings (SSSR count). The summed E-state index contributed by atoms with van der Waals surface area (Å²) in [5, 5.41) is 11.8. The third-order valence-electron chi connectivity index (χ3n) is 3.74. The Morgan fingerprint density at radius 3 is 3.10 bits per heavy atom. The number of likely N-dealkylation sites (tertiary alicyclic amines) is 1. The van der Waals surface area contributed by atoms with Gasteiger partial charge in [-0.25, -0.2) is 4.39 Å². The van der Waals surface area contributed by atoms with Crippen molar-refractivity contribution in [3.8, 4) is 0 Å². The molecule has 0 bridgehead atoms. The zero-order valence-corrected chi connectivity index (χ0v) is 12.6. The Hall–Kier alpha value is -1.17. The first-order valence-corrected chi connectivity index (χ1v) is 7.58. The molecule has 6 heteroatoms. The highest BCUT2D eigenvalue weighted by Gasteiger charge is 2.25. The fraction of sp³-hybridized carbons (Fsp3) is 0.533. The second-order valence-electron chi connectivity index (χ2n) is 5.30. The van der Waals surface area contributed by atoms with Gasteiger partial charge in [-0.1, -0.05) is 11.6 Å².